The predicted octanol–water partition coefficient (Wildman–Crippen LogP) is 2.53. The maximum absolute atomic E-state index is 11.2. The first-order chi connectivity index (χ1) is 6.48. The van der Waals surface area contributed by atoms with E-state index in [-0.39, 0.29) is 4.90 Å². The second kappa shape index (κ2) is 3.18. The number of halogens is 1. The quantitative estimate of drug-likeness (QED) is 0.728. The van der Waals surface area contributed by atoms with Crippen molar-refractivity contribution in [2.45, 2.75) is 11.8 Å². The Morgan fingerprint density at radius 2 is 2.14 bits per heavy atom. The van der Waals surface area contributed by atoms with Gasteiger partial charge in [0.05, 0.1) is 9.71 Å². The molecule has 0 aliphatic rings. The molecule has 14 heavy (non-hydrogen) atoms. The number of hydrogen-bond acceptors (Lipinski definition) is 4. The van der Waals surface area contributed by atoms with E-state index in [2.05, 4.69) is 4.98 Å². The number of fused-ring (bicyclic) bond motifs is 1. The van der Waals surface area contributed by atoms with E-state index < -0.39 is 9.05 Å². The highest BCUT2D eigenvalue weighted by atomic mass is 35.7. The minimum atomic E-state index is -3.70. The summed E-state index contributed by atoms with van der Waals surface area (Å²) in [5.74, 6) is 0. The largest absolute Gasteiger partial charge is 0.263 e. The summed E-state index contributed by atoms with van der Waals surface area (Å²) in [7, 11) is 1.58. The Balaban J connectivity index is 2.90. The molecule has 0 amide bonds. The van der Waals surface area contributed by atoms with Crippen molar-refractivity contribution in [3.8, 4) is 0 Å². The summed E-state index contributed by atoms with van der Waals surface area (Å²) in [6, 6.07) is 4.95. The van der Waals surface area contributed by atoms with Crippen LogP contribution >= 0.6 is 22.0 Å². The second-order valence-electron chi connectivity index (χ2n) is 2.77. The molecule has 1 heterocycles. The molecule has 0 aliphatic heterocycles. The molecule has 0 spiro atoms. The van der Waals surface area contributed by atoms with Gasteiger partial charge in [0, 0.05) is 10.7 Å². The molecule has 0 radical (unpaired) electrons. The first-order valence-corrected chi connectivity index (χ1v) is 6.92. The lowest BCUT2D eigenvalue weighted by molar-refractivity contribution is 0.610. The van der Waals surface area contributed by atoms with Gasteiger partial charge in [-0.25, -0.2) is 13.4 Å². The first kappa shape index (κ1) is 9.89. The van der Waals surface area contributed by atoms with E-state index in [9.17, 15) is 8.42 Å². The summed E-state index contributed by atoms with van der Waals surface area (Å²) >= 11 is 1.45. The Morgan fingerprint density at radius 3 is 2.79 bits per heavy atom. The van der Waals surface area contributed by atoms with Crippen molar-refractivity contribution in [3.05, 3.63) is 23.2 Å². The fourth-order valence-electron chi connectivity index (χ4n) is 1.23. The van der Waals surface area contributed by atoms with Gasteiger partial charge in [0.1, 0.15) is 10.4 Å². The van der Waals surface area contributed by atoms with Crippen LogP contribution in [0.2, 0.25) is 0 Å². The molecule has 0 unspecified atom stereocenters. The number of para-hydroxylation sites is 1. The highest BCUT2D eigenvalue weighted by Crippen LogP contribution is 2.28. The van der Waals surface area contributed by atoms with E-state index in [1.165, 1.54) is 17.4 Å². The van der Waals surface area contributed by atoms with E-state index in [0.29, 0.717) is 5.52 Å². The van der Waals surface area contributed by atoms with Gasteiger partial charge in [0.25, 0.3) is 9.05 Å². The van der Waals surface area contributed by atoms with Crippen LogP contribution in [0.5, 0.6) is 0 Å². The average molecular weight is 248 g/mol. The van der Waals surface area contributed by atoms with Crippen LogP contribution < -0.4 is 0 Å². The highest BCUT2D eigenvalue weighted by molar-refractivity contribution is 8.14. The van der Waals surface area contributed by atoms with Gasteiger partial charge in [-0.2, -0.15) is 0 Å². The fraction of sp³-hybridized carbons (Fsp3) is 0.125. The molecule has 3 nitrogen and oxygen atoms in total. The summed E-state index contributed by atoms with van der Waals surface area (Å²) < 4.78 is 23.2. The second-order valence-corrected chi connectivity index (χ2v) is 6.54. The molecular formula is C8H6ClNO2S2. The van der Waals surface area contributed by atoms with Crippen LogP contribution in [0, 0.1) is 6.92 Å². The molecular weight excluding hydrogens is 242 g/mol. The molecule has 0 N–H and O–H groups in total. The normalized spacial score (nSPS) is 12.1. The zero-order valence-electron chi connectivity index (χ0n) is 7.19. The monoisotopic (exact) mass is 247 g/mol. The predicted molar refractivity (Wildman–Crippen MR) is 57.4 cm³/mol. The lowest BCUT2D eigenvalue weighted by atomic mass is 10.3. The molecule has 0 atom stereocenters. The van der Waals surface area contributed by atoms with Crippen LogP contribution in [-0.4, -0.2) is 13.4 Å². The summed E-state index contributed by atoms with van der Waals surface area (Å²) in [6.07, 6.45) is 0. The van der Waals surface area contributed by atoms with Crippen molar-refractivity contribution in [1.29, 1.82) is 0 Å². The number of benzene rings is 1. The van der Waals surface area contributed by atoms with Crippen molar-refractivity contribution in [2.75, 3.05) is 0 Å². The smallest absolute Gasteiger partial charge is 0.240 e. The molecule has 2 rings (SSSR count). The minimum absolute atomic E-state index is 0.0843. The summed E-state index contributed by atoms with van der Waals surface area (Å²) in [4.78, 5) is 4.22. The van der Waals surface area contributed by atoms with Crippen molar-refractivity contribution in [2.24, 2.45) is 0 Å². The first-order valence-electron chi connectivity index (χ1n) is 3.79. The van der Waals surface area contributed by atoms with E-state index in [4.69, 9.17) is 10.7 Å². The zero-order chi connectivity index (χ0) is 10.3. The van der Waals surface area contributed by atoms with Gasteiger partial charge in [-0.05, 0) is 19.1 Å². The Morgan fingerprint density at radius 1 is 1.43 bits per heavy atom. The van der Waals surface area contributed by atoms with Gasteiger partial charge in [0.15, 0.2) is 0 Å². The maximum atomic E-state index is 11.2. The molecule has 1 aromatic heterocycles. The number of thiazole rings is 1. The molecule has 0 saturated carbocycles. The van der Waals surface area contributed by atoms with Gasteiger partial charge in [-0.15, -0.1) is 11.3 Å². The topological polar surface area (TPSA) is 47.0 Å². The minimum Gasteiger partial charge on any atom is -0.240 e. The Kier molecular flexibility index (Phi) is 2.25. The summed E-state index contributed by atoms with van der Waals surface area (Å²) in [6.45, 7) is 1.83. The molecule has 0 saturated heterocycles. The van der Waals surface area contributed by atoms with E-state index in [1.54, 1.807) is 6.07 Å². The third-order valence-electron chi connectivity index (χ3n) is 1.75. The Hall–Kier alpha value is -0.650. The SMILES string of the molecule is Cc1nc2c(S(=O)(=O)Cl)cccc2s1. The van der Waals surface area contributed by atoms with E-state index in [0.717, 1.165) is 9.71 Å². The Bertz CT molecular complexity index is 588. The molecule has 2 aromatic rings. The summed E-state index contributed by atoms with van der Waals surface area (Å²) in [5, 5.41) is 0.827. The Labute approximate surface area is 89.8 Å². The lowest BCUT2D eigenvalue weighted by Crippen LogP contribution is -1.91. The van der Waals surface area contributed by atoms with Crippen LogP contribution in [0.3, 0.4) is 0 Å². The van der Waals surface area contributed by atoms with Gasteiger partial charge < -0.3 is 0 Å². The third-order valence-corrected chi connectivity index (χ3v) is 4.04. The number of aryl methyl sites for hydroxylation is 1. The summed E-state index contributed by atoms with van der Waals surface area (Å²) in [5.41, 5.74) is 0.463. The average Bonchev–Trinajstić information content (AvgIpc) is 2.41. The van der Waals surface area contributed by atoms with Gasteiger partial charge in [-0.3, -0.25) is 0 Å². The number of nitrogens with zero attached hydrogens (tertiary/aromatic N) is 1. The van der Waals surface area contributed by atoms with Crippen LogP contribution in [0.1, 0.15) is 5.01 Å². The van der Waals surface area contributed by atoms with Crippen molar-refractivity contribution >= 4 is 41.3 Å². The number of rotatable bonds is 1. The van der Waals surface area contributed by atoms with Crippen LogP contribution in [0.15, 0.2) is 23.1 Å². The lowest BCUT2D eigenvalue weighted by Gasteiger charge is -1.95. The zero-order valence-corrected chi connectivity index (χ0v) is 9.58. The van der Waals surface area contributed by atoms with Crippen molar-refractivity contribution in [1.82, 2.24) is 4.98 Å². The van der Waals surface area contributed by atoms with Crippen molar-refractivity contribution < 1.29 is 8.42 Å². The van der Waals surface area contributed by atoms with E-state index in [1.807, 2.05) is 13.0 Å². The van der Waals surface area contributed by atoms with Crippen molar-refractivity contribution in [3.63, 3.8) is 0 Å². The van der Waals surface area contributed by atoms with E-state index >= 15 is 0 Å². The molecule has 0 fully saturated rings. The molecule has 74 valence electrons. The van der Waals surface area contributed by atoms with Gasteiger partial charge in [-0.1, -0.05) is 6.07 Å². The van der Waals surface area contributed by atoms with Gasteiger partial charge in [0.2, 0.25) is 0 Å². The fourth-order valence-corrected chi connectivity index (χ4v) is 3.15. The molecule has 0 aliphatic carbocycles. The van der Waals surface area contributed by atoms with Crippen LogP contribution in [0.25, 0.3) is 10.2 Å². The number of aromatic nitrogens is 1. The van der Waals surface area contributed by atoms with Crippen LogP contribution in [-0.2, 0) is 9.05 Å². The van der Waals surface area contributed by atoms with Gasteiger partial charge >= 0.3 is 0 Å². The van der Waals surface area contributed by atoms with Crippen LogP contribution in [0.4, 0.5) is 0 Å². The highest BCUT2D eigenvalue weighted by Gasteiger charge is 2.16. The number of hydrogen-bond donors (Lipinski definition) is 0. The molecule has 1 aromatic carbocycles. The third kappa shape index (κ3) is 1.63. The maximum Gasteiger partial charge on any atom is 0.263 e. The molecule has 0 bridgehead atoms. The standard InChI is InChI=1S/C8H6ClNO2S2/c1-5-10-8-6(13-5)3-2-4-7(8)14(9,11)12/h2-4H,1H3. The molecule has 6 heteroatoms.